The van der Waals surface area contributed by atoms with Crippen LogP contribution >= 0.6 is 11.3 Å². The zero-order chi connectivity index (χ0) is 8.43. The first-order valence-corrected chi connectivity index (χ1v) is 3.90. The highest BCUT2D eigenvalue weighted by molar-refractivity contribution is 7.16. The van der Waals surface area contributed by atoms with Crippen molar-refractivity contribution in [2.75, 3.05) is 5.01 Å². The van der Waals surface area contributed by atoms with Crippen LogP contribution in [0.15, 0.2) is 0 Å². The molecule has 0 fully saturated rings. The van der Waals surface area contributed by atoms with E-state index in [4.69, 9.17) is 5.84 Å². The van der Waals surface area contributed by atoms with Crippen molar-refractivity contribution in [3.8, 4) is 0 Å². The molecule has 0 bridgehead atoms. The van der Waals surface area contributed by atoms with Crippen LogP contribution in [0.1, 0.15) is 10.7 Å². The molecule has 0 saturated carbocycles. The molecule has 1 rings (SSSR count). The van der Waals surface area contributed by atoms with Crippen molar-refractivity contribution >= 4 is 22.7 Å². The Morgan fingerprint density at radius 1 is 1.64 bits per heavy atom. The van der Waals surface area contributed by atoms with E-state index in [1.165, 1.54) is 11.3 Å². The van der Waals surface area contributed by atoms with E-state index in [1.807, 2.05) is 13.8 Å². The number of hydrogen-bond acceptors (Lipinski definition) is 4. The standard InChI is InChI=1S/C6H9N3OS/c1-4-6(9(7)3-10)11-5(2)8-4/h3H,7H2,1-2H3. The minimum Gasteiger partial charge on any atom is -0.277 e. The topological polar surface area (TPSA) is 59.2 Å². The monoisotopic (exact) mass is 171 g/mol. The van der Waals surface area contributed by atoms with Crippen molar-refractivity contribution in [3.05, 3.63) is 10.7 Å². The summed E-state index contributed by atoms with van der Waals surface area (Å²) in [4.78, 5) is 14.4. The summed E-state index contributed by atoms with van der Waals surface area (Å²) >= 11 is 1.41. The van der Waals surface area contributed by atoms with Gasteiger partial charge in [0, 0.05) is 0 Å². The highest BCUT2D eigenvalue weighted by Crippen LogP contribution is 2.24. The molecule has 2 N–H and O–H groups in total. The van der Waals surface area contributed by atoms with E-state index in [1.54, 1.807) is 0 Å². The second kappa shape index (κ2) is 2.98. The fraction of sp³-hybridized carbons (Fsp3) is 0.333. The first-order valence-electron chi connectivity index (χ1n) is 3.08. The predicted octanol–water partition coefficient (Wildman–Crippen LogP) is 0.596. The number of amides is 1. The summed E-state index contributed by atoms with van der Waals surface area (Å²) in [5, 5.41) is 2.66. The maximum absolute atomic E-state index is 10.2. The number of aryl methyl sites for hydroxylation is 2. The van der Waals surface area contributed by atoms with E-state index in [0.29, 0.717) is 11.4 Å². The van der Waals surface area contributed by atoms with Gasteiger partial charge in [-0.05, 0) is 13.8 Å². The van der Waals surface area contributed by atoms with Gasteiger partial charge in [0.05, 0.1) is 10.7 Å². The second-order valence-corrected chi connectivity index (χ2v) is 3.32. The molecule has 1 amide bonds. The Hall–Kier alpha value is -0.940. The molecule has 0 atom stereocenters. The van der Waals surface area contributed by atoms with Gasteiger partial charge in [0.1, 0.15) is 5.00 Å². The smallest absolute Gasteiger partial charge is 0.229 e. The summed E-state index contributed by atoms with van der Waals surface area (Å²) in [5.74, 6) is 5.34. The summed E-state index contributed by atoms with van der Waals surface area (Å²) < 4.78 is 0. The van der Waals surface area contributed by atoms with E-state index in [-0.39, 0.29) is 0 Å². The highest BCUT2D eigenvalue weighted by Gasteiger charge is 2.08. The zero-order valence-corrected chi connectivity index (χ0v) is 7.18. The summed E-state index contributed by atoms with van der Waals surface area (Å²) in [5.41, 5.74) is 0.794. The molecule has 0 unspecified atom stereocenters. The maximum Gasteiger partial charge on any atom is 0.229 e. The fourth-order valence-electron chi connectivity index (χ4n) is 0.808. The number of nitrogens with two attached hydrogens (primary N) is 1. The summed E-state index contributed by atoms with van der Waals surface area (Å²) in [6.07, 6.45) is 0.569. The molecule has 1 heterocycles. The number of carbonyl (C=O) groups excluding carboxylic acids is 1. The lowest BCUT2D eigenvalue weighted by Crippen LogP contribution is -2.28. The molecule has 5 heteroatoms. The highest BCUT2D eigenvalue weighted by atomic mass is 32.1. The van der Waals surface area contributed by atoms with Gasteiger partial charge in [-0.15, -0.1) is 0 Å². The second-order valence-electron chi connectivity index (χ2n) is 2.14. The third-order valence-electron chi connectivity index (χ3n) is 1.23. The van der Waals surface area contributed by atoms with Crippen LogP contribution in [-0.2, 0) is 4.79 Å². The zero-order valence-electron chi connectivity index (χ0n) is 6.37. The molecule has 4 nitrogen and oxygen atoms in total. The lowest BCUT2D eigenvalue weighted by atomic mass is 10.5. The number of aromatic nitrogens is 1. The van der Waals surface area contributed by atoms with Gasteiger partial charge in [-0.1, -0.05) is 11.3 Å². The lowest BCUT2D eigenvalue weighted by Gasteiger charge is -2.05. The lowest BCUT2D eigenvalue weighted by molar-refractivity contribution is -0.107. The van der Waals surface area contributed by atoms with E-state index >= 15 is 0 Å². The SMILES string of the molecule is Cc1nc(C)c(N(N)C=O)s1. The Morgan fingerprint density at radius 2 is 2.27 bits per heavy atom. The van der Waals surface area contributed by atoms with Crippen LogP contribution < -0.4 is 10.9 Å². The third kappa shape index (κ3) is 1.55. The number of thiazole rings is 1. The van der Waals surface area contributed by atoms with Crippen LogP contribution in [0.5, 0.6) is 0 Å². The number of nitrogens with zero attached hydrogens (tertiary/aromatic N) is 2. The number of rotatable bonds is 2. The van der Waals surface area contributed by atoms with E-state index in [9.17, 15) is 4.79 Å². The number of carbonyl (C=O) groups is 1. The normalized spacial score (nSPS) is 9.73. The molecule has 60 valence electrons. The Labute approximate surface area is 68.6 Å². The summed E-state index contributed by atoms with van der Waals surface area (Å²) in [7, 11) is 0. The van der Waals surface area contributed by atoms with Crippen molar-refractivity contribution in [1.29, 1.82) is 0 Å². The van der Waals surface area contributed by atoms with Crippen LogP contribution in [0.4, 0.5) is 5.00 Å². The molecule has 11 heavy (non-hydrogen) atoms. The van der Waals surface area contributed by atoms with E-state index in [2.05, 4.69) is 4.98 Å². The van der Waals surface area contributed by atoms with Gasteiger partial charge < -0.3 is 0 Å². The van der Waals surface area contributed by atoms with Gasteiger partial charge in [0.25, 0.3) is 0 Å². The van der Waals surface area contributed by atoms with Crippen molar-refractivity contribution in [2.45, 2.75) is 13.8 Å². The molecule has 1 aromatic heterocycles. The van der Waals surface area contributed by atoms with Crippen LogP contribution in [0.2, 0.25) is 0 Å². The molecule has 0 aromatic carbocycles. The Kier molecular flexibility index (Phi) is 2.21. The molecular weight excluding hydrogens is 162 g/mol. The molecule has 0 aliphatic rings. The quantitative estimate of drug-likeness (QED) is 0.307. The maximum atomic E-state index is 10.2. The molecule has 0 spiro atoms. The van der Waals surface area contributed by atoms with Gasteiger partial charge in [-0.2, -0.15) is 0 Å². The average molecular weight is 171 g/mol. The summed E-state index contributed by atoms with van der Waals surface area (Å²) in [6, 6.07) is 0. The first-order chi connectivity index (χ1) is 5.15. The van der Waals surface area contributed by atoms with Crippen molar-refractivity contribution < 1.29 is 4.79 Å². The molecule has 0 aliphatic carbocycles. The minimum atomic E-state index is 0.569. The first kappa shape index (κ1) is 8.16. The number of hydrogen-bond donors (Lipinski definition) is 1. The molecule has 0 radical (unpaired) electrons. The Balaban J connectivity index is 3.02. The number of hydrazine groups is 1. The van der Waals surface area contributed by atoms with Gasteiger partial charge >= 0.3 is 0 Å². The van der Waals surface area contributed by atoms with Gasteiger partial charge in [0.2, 0.25) is 6.41 Å². The van der Waals surface area contributed by atoms with E-state index < -0.39 is 0 Å². The van der Waals surface area contributed by atoms with Crippen molar-refractivity contribution in [3.63, 3.8) is 0 Å². The van der Waals surface area contributed by atoms with Crippen LogP contribution in [0, 0.1) is 13.8 Å². The largest absolute Gasteiger partial charge is 0.277 e. The van der Waals surface area contributed by atoms with Crippen LogP contribution in [-0.4, -0.2) is 11.4 Å². The minimum absolute atomic E-state index is 0.569. The average Bonchev–Trinajstić information content (AvgIpc) is 2.28. The van der Waals surface area contributed by atoms with Gasteiger partial charge in [0.15, 0.2) is 0 Å². The third-order valence-corrected chi connectivity index (χ3v) is 2.31. The molecule has 0 aliphatic heterocycles. The molecule has 0 saturated heterocycles. The van der Waals surface area contributed by atoms with E-state index in [0.717, 1.165) is 15.7 Å². The molecular formula is C6H9N3OS. The van der Waals surface area contributed by atoms with Gasteiger partial charge in [-0.25, -0.2) is 15.8 Å². The van der Waals surface area contributed by atoms with Crippen molar-refractivity contribution in [2.24, 2.45) is 5.84 Å². The fourth-order valence-corrected chi connectivity index (χ4v) is 1.61. The number of anilines is 1. The summed E-state index contributed by atoms with van der Waals surface area (Å²) in [6.45, 7) is 3.70. The van der Waals surface area contributed by atoms with Crippen LogP contribution in [0.3, 0.4) is 0 Å². The Bertz CT molecular complexity index is 271. The van der Waals surface area contributed by atoms with Crippen LogP contribution in [0.25, 0.3) is 0 Å². The van der Waals surface area contributed by atoms with Gasteiger partial charge in [-0.3, -0.25) is 4.79 Å². The van der Waals surface area contributed by atoms with Crippen molar-refractivity contribution in [1.82, 2.24) is 4.98 Å². The Morgan fingerprint density at radius 3 is 2.64 bits per heavy atom. The predicted molar refractivity (Wildman–Crippen MR) is 44.3 cm³/mol. The molecule has 1 aromatic rings.